The molecule has 0 aliphatic carbocycles. The van der Waals surface area contributed by atoms with E-state index in [1.165, 1.54) is 6.07 Å². The Morgan fingerprint density at radius 1 is 1.05 bits per heavy atom. The zero-order chi connectivity index (χ0) is 13.8. The van der Waals surface area contributed by atoms with Crippen LogP contribution in [0.3, 0.4) is 0 Å². The van der Waals surface area contributed by atoms with Crippen LogP contribution in [0.1, 0.15) is 15.2 Å². The molecule has 2 aromatic rings. The van der Waals surface area contributed by atoms with Crippen LogP contribution in [-0.2, 0) is 0 Å². The smallest absolute Gasteiger partial charge is 0.345 e. The number of thiophene rings is 1. The van der Waals surface area contributed by atoms with E-state index in [4.69, 9.17) is 5.11 Å². The van der Waals surface area contributed by atoms with Crippen LogP contribution >= 0.6 is 11.3 Å². The molecular weight excluding hydrogens is 264 g/mol. The van der Waals surface area contributed by atoms with E-state index >= 15 is 0 Å². The van der Waals surface area contributed by atoms with Crippen molar-refractivity contribution in [3.8, 4) is 0 Å². The topological polar surface area (TPSA) is 78.4 Å². The van der Waals surface area contributed by atoms with Crippen molar-refractivity contribution in [1.29, 1.82) is 0 Å². The van der Waals surface area contributed by atoms with Gasteiger partial charge in [0, 0.05) is 5.69 Å². The summed E-state index contributed by atoms with van der Waals surface area (Å²) < 4.78 is 0. The van der Waals surface area contributed by atoms with Crippen molar-refractivity contribution in [2.75, 3.05) is 10.6 Å². The minimum absolute atomic E-state index is 0.186. The van der Waals surface area contributed by atoms with E-state index in [0.29, 0.717) is 10.7 Å². The fourth-order valence-corrected chi connectivity index (χ4v) is 2.17. The molecule has 0 unspecified atom stereocenters. The average molecular weight is 276 g/mol. The van der Waals surface area contributed by atoms with Crippen LogP contribution in [0.15, 0.2) is 36.4 Å². The molecule has 0 bridgehead atoms. The molecule has 0 aliphatic rings. The van der Waals surface area contributed by atoms with Crippen LogP contribution in [0.4, 0.5) is 15.5 Å². The fraction of sp³-hybridized carbons (Fsp3) is 0.0769. The molecule has 98 valence electrons. The number of anilines is 2. The van der Waals surface area contributed by atoms with Crippen LogP contribution in [0.5, 0.6) is 0 Å². The standard InChI is InChI=1S/C13H12N2O3S/c1-8-2-4-9(5-3-8)14-13(18)15-11-7-6-10(19-11)12(16)17/h2-7H,1H3,(H,16,17)(H2,14,15,18). The highest BCUT2D eigenvalue weighted by molar-refractivity contribution is 7.18. The number of nitrogens with one attached hydrogen (secondary N) is 2. The Hall–Kier alpha value is -2.34. The number of hydrogen-bond acceptors (Lipinski definition) is 3. The number of rotatable bonds is 3. The number of carbonyl (C=O) groups excluding carboxylic acids is 1. The molecule has 0 saturated carbocycles. The third-order valence-corrected chi connectivity index (χ3v) is 3.35. The molecule has 0 atom stereocenters. The van der Waals surface area contributed by atoms with Crippen molar-refractivity contribution in [3.63, 3.8) is 0 Å². The van der Waals surface area contributed by atoms with Crippen molar-refractivity contribution >= 4 is 34.0 Å². The minimum Gasteiger partial charge on any atom is -0.477 e. The second kappa shape index (κ2) is 5.53. The van der Waals surface area contributed by atoms with Crippen LogP contribution < -0.4 is 10.6 Å². The lowest BCUT2D eigenvalue weighted by molar-refractivity contribution is 0.0702. The summed E-state index contributed by atoms with van der Waals surface area (Å²) in [5.41, 5.74) is 1.79. The van der Waals surface area contributed by atoms with Gasteiger partial charge in [-0.3, -0.25) is 5.32 Å². The molecule has 1 heterocycles. The summed E-state index contributed by atoms with van der Waals surface area (Å²) in [6.45, 7) is 1.96. The van der Waals surface area contributed by atoms with Crippen LogP contribution in [0, 0.1) is 6.92 Å². The van der Waals surface area contributed by atoms with E-state index in [-0.39, 0.29) is 4.88 Å². The predicted octanol–water partition coefficient (Wildman–Crippen LogP) is 3.40. The summed E-state index contributed by atoms with van der Waals surface area (Å²) in [4.78, 5) is 22.6. The largest absolute Gasteiger partial charge is 0.477 e. The lowest BCUT2D eigenvalue weighted by Crippen LogP contribution is -2.18. The summed E-state index contributed by atoms with van der Waals surface area (Å²) in [5.74, 6) is -1.00. The van der Waals surface area contributed by atoms with E-state index in [0.717, 1.165) is 16.9 Å². The molecule has 0 saturated heterocycles. The first-order valence-corrected chi connectivity index (χ1v) is 6.34. The molecule has 0 aliphatic heterocycles. The Kier molecular flexibility index (Phi) is 3.82. The Morgan fingerprint density at radius 2 is 1.74 bits per heavy atom. The van der Waals surface area contributed by atoms with Gasteiger partial charge in [0.2, 0.25) is 0 Å². The first-order valence-electron chi connectivity index (χ1n) is 5.52. The zero-order valence-electron chi connectivity index (χ0n) is 10.1. The van der Waals surface area contributed by atoms with Gasteiger partial charge in [0.15, 0.2) is 0 Å². The maximum atomic E-state index is 11.7. The molecule has 1 aromatic heterocycles. The molecule has 1 aromatic carbocycles. The van der Waals surface area contributed by atoms with Gasteiger partial charge in [0.1, 0.15) is 4.88 Å². The molecule has 0 spiro atoms. The van der Waals surface area contributed by atoms with Gasteiger partial charge in [-0.15, -0.1) is 11.3 Å². The molecule has 2 rings (SSSR count). The highest BCUT2D eigenvalue weighted by Gasteiger charge is 2.09. The van der Waals surface area contributed by atoms with E-state index in [9.17, 15) is 9.59 Å². The molecule has 5 nitrogen and oxygen atoms in total. The quantitative estimate of drug-likeness (QED) is 0.804. The maximum Gasteiger partial charge on any atom is 0.345 e. The van der Waals surface area contributed by atoms with E-state index in [1.807, 2.05) is 19.1 Å². The van der Waals surface area contributed by atoms with Gasteiger partial charge in [0.05, 0.1) is 5.00 Å². The SMILES string of the molecule is Cc1ccc(NC(=O)Nc2ccc(C(=O)O)s2)cc1. The van der Waals surface area contributed by atoms with Crippen molar-refractivity contribution in [3.05, 3.63) is 46.8 Å². The Balaban J connectivity index is 1.97. The van der Waals surface area contributed by atoms with E-state index < -0.39 is 12.0 Å². The van der Waals surface area contributed by atoms with Gasteiger partial charge in [0.25, 0.3) is 0 Å². The first kappa shape index (κ1) is 13.1. The Bertz CT molecular complexity index is 605. The minimum atomic E-state index is -1.00. The molecule has 6 heteroatoms. The van der Waals surface area contributed by atoms with Crippen LogP contribution in [-0.4, -0.2) is 17.1 Å². The number of aryl methyl sites for hydroxylation is 1. The summed E-state index contributed by atoms with van der Waals surface area (Å²) in [6, 6.07) is 9.99. The lowest BCUT2D eigenvalue weighted by Gasteiger charge is -2.05. The van der Waals surface area contributed by atoms with Crippen LogP contribution in [0.2, 0.25) is 0 Å². The predicted molar refractivity (Wildman–Crippen MR) is 75.1 cm³/mol. The highest BCUT2D eigenvalue weighted by Crippen LogP contribution is 2.22. The number of amides is 2. The number of hydrogen-bond donors (Lipinski definition) is 3. The second-order valence-corrected chi connectivity index (χ2v) is 5.00. The monoisotopic (exact) mass is 276 g/mol. The average Bonchev–Trinajstić information content (AvgIpc) is 2.80. The van der Waals surface area contributed by atoms with Gasteiger partial charge >= 0.3 is 12.0 Å². The molecular formula is C13H12N2O3S. The first-order chi connectivity index (χ1) is 9.04. The molecule has 3 N–H and O–H groups in total. The maximum absolute atomic E-state index is 11.7. The highest BCUT2D eigenvalue weighted by atomic mass is 32.1. The van der Waals surface area contributed by atoms with Crippen molar-refractivity contribution in [2.24, 2.45) is 0 Å². The van der Waals surface area contributed by atoms with E-state index in [1.54, 1.807) is 18.2 Å². The fourth-order valence-electron chi connectivity index (χ4n) is 1.43. The number of aromatic carboxylic acids is 1. The van der Waals surface area contributed by atoms with Gasteiger partial charge in [-0.25, -0.2) is 9.59 Å². The number of carboxylic acid groups (broad SMARTS) is 1. The van der Waals surface area contributed by atoms with E-state index in [2.05, 4.69) is 10.6 Å². The molecule has 0 fully saturated rings. The zero-order valence-corrected chi connectivity index (χ0v) is 11.0. The summed E-state index contributed by atoms with van der Waals surface area (Å²) in [6.07, 6.45) is 0. The Labute approximate surface area is 113 Å². The molecule has 0 radical (unpaired) electrons. The number of urea groups is 1. The second-order valence-electron chi connectivity index (χ2n) is 3.91. The third kappa shape index (κ3) is 3.56. The molecule has 19 heavy (non-hydrogen) atoms. The summed E-state index contributed by atoms with van der Waals surface area (Å²) in [7, 11) is 0. The lowest BCUT2D eigenvalue weighted by atomic mass is 10.2. The van der Waals surface area contributed by atoms with Gasteiger partial charge in [-0.1, -0.05) is 17.7 Å². The number of carboxylic acids is 1. The summed E-state index contributed by atoms with van der Waals surface area (Å²) >= 11 is 1.01. The molecule has 2 amide bonds. The number of benzene rings is 1. The van der Waals surface area contributed by atoms with Crippen molar-refractivity contribution in [1.82, 2.24) is 0 Å². The van der Waals surface area contributed by atoms with Gasteiger partial charge in [-0.2, -0.15) is 0 Å². The van der Waals surface area contributed by atoms with Crippen molar-refractivity contribution in [2.45, 2.75) is 6.92 Å². The van der Waals surface area contributed by atoms with Crippen LogP contribution in [0.25, 0.3) is 0 Å². The number of carbonyl (C=O) groups is 2. The van der Waals surface area contributed by atoms with Crippen molar-refractivity contribution < 1.29 is 14.7 Å². The van der Waals surface area contributed by atoms with Gasteiger partial charge in [-0.05, 0) is 31.2 Å². The Morgan fingerprint density at radius 3 is 2.32 bits per heavy atom. The third-order valence-electron chi connectivity index (χ3n) is 2.36. The summed E-state index contributed by atoms with van der Waals surface area (Å²) in [5, 5.41) is 14.5. The normalized spacial score (nSPS) is 9.95. The van der Waals surface area contributed by atoms with Gasteiger partial charge < -0.3 is 10.4 Å².